The average Bonchev–Trinajstić information content (AvgIpc) is 2.76. The van der Waals surface area contributed by atoms with Crippen LogP contribution in [0.1, 0.15) is 30.4 Å². The fraction of sp³-hybridized carbons (Fsp3) is 0.400. The van der Waals surface area contributed by atoms with Crippen LogP contribution < -0.4 is 0 Å². The van der Waals surface area contributed by atoms with Gasteiger partial charge in [0.05, 0.1) is 6.10 Å². The Kier molecular flexibility index (Phi) is 2.55. The van der Waals surface area contributed by atoms with E-state index in [1.165, 1.54) is 0 Å². The van der Waals surface area contributed by atoms with Crippen LogP contribution >= 0.6 is 0 Å². The first kappa shape index (κ1) is 9.92. The summed E-state index contributed by atoms with van der Waals surface area (Å²) in [4.78, 5) is 0. The summed E-state index contributed by atoms with van der Waals surface area (Å²) in [5, 5.41) is 17.0. The monoisotopic (exact) mass is 207 g/mol. The summed E-state index contributed by atoms with van der Waals surface area (Å²) in [6, 6.07) is 1.87. The highest BCUT2D eigenvalue weighted by Crippen LogP contribution is 2.12. The van der Waals surface area contributed by atoms with Crippen molar-refractivity contribution in [3.05, 3.63) is 35.8 Å². The Hall–Kier alpha value is -1.62. The first-order valence-corrected chi connectivity index (χ1v) is 4.78. The fourth-order valence-electron chi connectivity index (χ4n) is 1.36. The largest absolute Gasteiger partial charge is 0.424 e. The van der Waals surface area contributed by atoms with E-state index in [1.54, 1.807) is 13.8 Å². The number of aromatic nitrogens is 3. The Morgan fingerprint density at radius 1 is 1.53 bits per heavy atom. The van der Waals surface area contributed by atoms with Crippen molar-refractivity contribution in [1.82, 2.24) is 14.8 Å². The Morgan fingerprint density at radius 2 is 2.33 bits per heavy atom. The van der Waals surface area contributed by atoms with E-state index in [0.717, 1.165) is 5.56 Å². The number of rotatable bonds is 3. The van der Waals surface area contributed by atoms with Crippen LogP contribution in [0, 0.1) is 6.92 Å². The van der Waals surface area contributed by atoms with Crippen molar-refractivity contribution in [1.29, 1.82) is 0 Å². The molecule has 5 heteroatoms. The molecule has 0 amide bonds. The standard InChI is InChI=1S/C10H13N3O2/c1-7(14)9-3-4-13(5-9)6-10-12-11-8(2)15-10/h3-5,7,14H,6H2,1-2H3. The molecule has 2 rings (SSSR count). The van der Waals surface area contributed by atoms with Crippen molar-refractivity contribution in [2.45, 2.75) is 26.5 Å². The maximum atomic E-state index is 9.34. The van der Waals surface area contributed by atoms with Gasteiger partial charge in [0.25, 0.3) is 0 Å². The van der Waals surface area contributed by atoms with Crippen molar-refractivity contribution in [3.63, 3.8) is 0 Å². The third-order valence-electron chi connectivity index (χ3n) is 2.14. The molecule has 1 N–H and O–H groups in total. The molecule has 80 valence electrons. The van der Waals surface area contributed by atoms with Crippen LogP contribution in [0.3, 0.4) is 0 Å². The van der Waals surface area contributed by atoms with Gasteiger partial charge >= 0.3 is 0 Å². The van der Waals surface area contributed by atoms with E-state index < -0.39 is 6.10 Å². The summed E-state index contributed by atoms with van der Waals surface area (Å²) < 4.78 is 7.15. The van der Waals surface area contributed by atoms with E-state index in [2.05, 4.69) is 10.2 Å². The lowest BCUT2D eigenvalue weighted by molar-refractivity contribution is 0.199. The molecule has 1 atom stereocenters. The van der Waals surface area contributed by atoms with Crippen molar-refractivity contribution in [3.8, 4) is 0 Å². The number of aliphatic hydroxyl groups excluding tert-OH is 1. The molecule has 0 radical (unpaired) electrons. The topological polar surface area (TPSA) is 64.1 Å². The SMILES string of the molecule is Cc1nnc(Cn2ccc(C(C)O)c2)o1. The molecule has 0 aliphatic heterocycles. The second-order valence-electron chi connectivity index (χ2n) is 3.51. The van der Waals surface area contributed by atoms with Crippen LogP contribution in [-0.2, 0) is 6.54 Å². The second kappa shape index (κ2) is 3.86. The van der Waals surface area contributed by atoms with Crippen molar-refractivity contribution >= 4 is 0 Å². The lowest BCUT2D eigenvalue weighted by Gasteiger charge is -1.99. The second-order valence-corrected chi connectivity index (χ2v) is 3.51. The first-order valence-electron chi connectivity index (χ1n) is 4.78. The minimum absolute atomic E-state index is 0.448. The molecule has 0 aliphatic rings. The van der Waals surface area contributed by atoms with Gasteiger partial charge in [0.15, 0.2) is 0 Å². The quantitative estimate of drug-likeness (QED) is 0.823. The minimum atomic E-state index is -0.448. The maximum Gasteiger partial charge on any atom is 0.236 e. The van der Waals surface area contributed by atoms with Gasteiger partial charge in [-0.05, 0) is 18.6 Å². The van der Waals surface area contributed by atoms with E-state index in [-0.39, 0.29) is 0 Å². The average molecular weight is 207 g/mol. The zero-order valence-corrected chi connectivity index (χ0v) is 8.71. The zero-order valence-electron chi connectivity index (χ0n) is 8.71. The smallest absolute Gasteiger partial charge is 0.236 e. The third-order valence-corrected chi connectivity index (χ3v) is 2.14. The third kappa shape index (κ3) is 2.24. The van der Waals surface area contributed by atoms with Gasteiger partial charge in [0.1, 0.15) is 6.54 Å². The summed E-state index contributed by atoms with van der Waals surface area (Å²) in [5.74, 6) is 1.13. The summed E-state index contributed by atoms with van der Waals surface area (Å²) >= 11 is 0. The summed E-state index contributed by atoms with van der Waals surface area (Å²) in [6.07, 6.45) is 3.29. The first-order chi connectivity index (χ1) is 7.15. The molecule has 0 aliphatic carbocycles. The summed E-state index contributed by atoms with van der Waals surface area (Å²) in [7, 11) is 0. The maximum absolute atomic E-state index is 9.34. The van der Waals surface area contributed by atoms with E-state index >= 15 is 0 Å². The van der Waals surface area contributed by atoms with Crippen molar-refractivity contribution in [2.24, 2.45) is 0 Å². The zero-order chi connectivity index (χ0) is 10.8. The molecular weight excluding hydrogens is 194 g/mol. The lowest BCUT2D eigenvalue weighted by Crippen LogP contribution is -1.97. The molecule has 0 fully saturated rings. The van der Waals surface area contributed by atoms with Gasteiger partial charge < -0.3 is 14.1 Å². The molecule has 15 heavy (non-hydrogen) atoms. The fourth-order valence-corrected chi connectivity index (χ4v) is 1.36. The Morgan fingerprint density at radius 3 is 2.87 bits per heavy atom. The van der Waals surface area contributed by atoms with E-state index in [0.29, 0.717) is 18.3 Å². The van der Waals surface area contributed by atoms with Crippen LogP contribution in [-0.4, -0.2) is 19.9 Å². The van der Waals surface area contributed by atoms with Gasteiger partial charge in [0, 0.05) is 19.3 Å². The van der Waals surface area contributed by atoms with Gasteiger partial charge in [-0.2, -0.15) is 0 Å². The Bertz CT molecular complexity index is 445. The highest BCUT2D eigenvalue weighted by atomic mass is 16.4. The molecular formula is C10H13N3O2. The van der Waals surface area contributed by atoms with Crippen molar-refractivity contribution in [2.75, 3.05) is 0 Å². The van der Waals surface area contributed by atoms with Gasteiger partial charge in [0.2, 0.25) is 11.8 Å². The van der Waals surface area contributed by atoms with Gasteiger partial charge in [-0.25, -0.2) is 0 Å². The predicted molar refractivity (Wildman–Crippen MR) is 53.2 cm³/mol. The molecule has 0 saturated heterocycles. The molecule has 2 aromatic heterocycles. The lowest BCUT2D eigenvalue weighted by atomic mass is 10.2. The molecule has 0 bridgehead atoms. The molecule has 2 aromatic rings. The van der Waals surface area contributed by atoms with Crippen LogP contribution in [0.15, 0.2) is 22.9 Å². The number of aliphatic hydroxyl groups is 1. The summed E-state index contributed by atoms with van der Waals surface area (Å²) in [5.41, 5.74) is 0.881. The molecule has 2 heterocycles. The molecule has 5 nitrogen and oxygen atoms in total. The molecule has 0 saturated carbocycles. The number of hydrogen-bond acceptors (Lipinski definition) is 4. The molecule has 0 aromatic carbocycles. The van der Waals surface area contributed by atoms with E-state index in [1.807, 2.05) is 23.0 Å². The van der Waals surface area contributed by atoms with Crippen LogP contribution in [0.4, 0.5) is 0 Å². The normalized spacial score (nSPS) is 13.0. The Balaban J connectivity index is 2.11. The summed E-state index contributed by atoms with van der Waals surface area (Å²) in [6.45, 7) is 4.03. The molecule has 0 spiro atoms. The van der Waals surface area contributed by atoms with E-state index in [9.17, 15) is 5.11 Å². The van der Waals surface area contributed by atoms with Gasteiger partial charge in [-0.1, -0.05) is 0 Å². The van der Waals surface area contributed by atoms with Gasteiger partial charge in [-0.3, -0.25) is 0 Å². The number of nitrogens with zero attached hydrogens (tertiary/aromatic N) is 3. The number of aryl methyl sites for hydroxylation is 1. The van der Waals surface area contributed by atoms with E-state index in [4.69, 9.17) is 4.42 Å². The molecule has 1 unspecified atom stereocenters. The minimum Gasteiger partial charge on any atom is -0.424 e. The van der Waals surface area contributed by atoms with Crippen LogP contribution in [0.5, 0.6) is 0 Å². The highest BCUT2D eigenvalue weighted by Gasteiger charge is 2.06. The predicted octanol–water partition coefficient (Wildman–Crippen LogP) is 1.28. The van der Waals surface area contributed by atoms with Gasteiger partial charge in [-0.15, -0.1) is 10.2 Å². The van der Waals surface area contributed by atoms with Crippen LogP contribution in [0.25, 0.3) is 0 Å². The Labute approximate surface area is 87.4 Å². The number of hydrogen-bond donors (Lipinski definition) is 1. The van der Waals surface area contributed by atoms with Crippen LogP contribution in [0.2, 0.25) is 0 Å². The van der Waals surface area contributed by atoms with Crippen molar-refractivity contribution < 1.29 is 9.52 Å². The highest BCUT2D eigenvalue weighted by molar-refractivity contribution is 5.13.